The highest BCUT2D eigenvalue weighted by molar-refractivity contribution is 7.59. The number of hydrogen-bond acceptors (Lipinski definition) is 5. The quantitative estimate of drug-likeness (QED) is 0.204. The highest BCUT2D eigenvalue weighted by atomic mass is 31.2. The first kappa shape index (κ1) is 21.4. The number of rotatable bonds is 13. The monoisotopic (exact) mass is 334 g/mol. The summed E-state index contributed by atoms with van der Waals surface area (Å²) in [7, 11) is -3.61. The molecule has 0 saturated heterocycles. The number of unbranched alkanes of at least 4 members (excludes halogenated alkanes) is 3. The number of carbonyl (C=O) groups is 1. The van der Waals surface area contributed by atoms with Crippen LogP contribution in [-0.4, -0.2) is 25.8 Å². The molecule has 5 nitrogen and oxygen atoms in total. The van der Waals surface area contributed by atoms with E-state index in [1.54, 1.807) is 6.92 Å². The van der Waals surface area contributed by atoms with Gasteiger partial charge in [-0.1, -0.05) is 46.1 Å². The first-order valence-electron chi connectivity index (χ1n) is 8.28. The molecule has 22 heavy (non-hydrogen) atoms. The van der Waals surface area contributed by atoms with Crippen LogP contribution in [0.25, 0.3) is 0 Å². The molecule has 0 aromatic rings. The molecule has 0 amide bonds. The summed E-state index contributed by atoms with van der Waals surface area (Å²) in [5.74, 6) is -0.604. The van der Waals surface area contributed by atoms with E-state index in [0.29, 0.717) is 19.8 Å². The SMILES string of the molecule is CC=C(C(=O)OCCCC)P(=O)(OCCCC)OCCCC. The van der Waals surface area contributed by atoms with E-state index in [9.17, 15) is 9.36 Å². The van der Waals surface area contributed by atoms with Crippen molar-refractivity contribution in [3.8, 4) is 0 Å². The molecule has 0 radical (unpaired) electrons. The summed E-state index contributed by atoms with van der Waals surface area (Å²) in [6.45, 7) is 8.62. The molecule has 0 heterocycles. The Morgan fingerprint density at radius 3 is 1.77 bits per heavy atom. The third-order valence-corrected chi connectivity index (χ3v) is 5.10. The molecular weight excluding hydrogens is 303 g/mol. The Bertz CT molecular complexity index is 365. The van der Waals surface area contributed by atoms with Crippen LogP contribution in [0.4, 0.5) is 0 Å². The molecule has 0 aliphatic rings. The Kier molecular flexibility index (Phi) is 12.5. The highest BCUT2D eigenvalue weighted by Gasteiger charge is 2.35. The zero-order valence-corrected chi connectivity index (χ0v) is 15.3. The topological polar surface area (TPSA) is 61.8 Å². The number of esters is 1. The van der Waals surface area contributed by atoms with Crippen LogP contribution >= 0.6 is 7.60 Å². The summed E-state index contributed by atoms with van der Waals surface area (Å²) in [6, 6.07) is 0. The van der Waals surface area contributed by atoms with Gasteiger partial charge in [0, 0.05) is 0 Å². The van der Waals surface area contributed by atoms with Crippen molar-refractivity contribution in [3.05, 3.63) is 11.4 Å². The van der Waals surface area contributed by atoms with E-state index < -0.39 is 13.6 Å². The maximum absolute atomic E-state index is 13.0. The van der Waals surface area contributed by atoms with Gasteiger partial charge in [-0.2, -0.15) is 0 Å². The molecule has 0 unspecified atom stereocenters. The van der Waals surface area contributed by atoms with Crippen LogP contribution in [-0.2, 0) is 23.1 Å². The molecule has 6 heteroatoms. The lowest BCUT2D eigenvalue weighted by Crippen LogP contribution is -2.13. The number of hydrogen-bond donors (Lipinski definition) is 0. The Labute approximate surface area is 134 Å². The minimum absolute atomic E-state index is 0.0100. The van der Waals surface area contributed by atoms with Gasteiger partial charge in [0.2, 0.25) is 0 Å². The molecule has 0 aliphatic heterocycles. The van der Waals surface area contributed by atoms with Gasteiger partial charge in [0.25, 0.3) is 0 Å². The lowest BCUT2D eigenvalue weighted by atomic mass is 10.4. The van der Waals surface area contributed by atoms with E-state index in [1.165, 1.54) is 6.08 Å². The third-order valence-electron chi connectivity index (χ3n) is 3.03. The van der Waals surface area contributed by atoms with Gasteiger partial charge in [-0.25, -0.2) is 4.79 Å². The van der Waals surface area contributed by atoms with Gasteiger partial charge in [0.1, 0.15) is 5.31 Å². The predicted octanol–water partition coefficient (Wildman–Crippen LogP) is 5.06. The number of carbonyl (C=O) groups excluding carboxylic acids is 1. The maximum atomic E-state index is 13.0. The fourth-order valence-corrected chi connectivity index (χ4v) is 3.30. The Hall–Kier alpha value is -0.640. The van der Waals surface area contributed by atoms with Crippen LogP contribution in [0.2, 0.25) is 0 Å². The van der Waals surface area contributed by atoms with Gasteiger partial charge in [0.05, 0.1) is 19.8 Å². The molecule has 130 valence electrons. The van der Waals surface area contributed by atoms with E-state index >= 15 is 0 Å². The lowest BCUT2D eigenvalue weighted by molar-refractivity contribution is -0.138. The van der Waals surface area contributed by atoms with E-state index in [4.69, 9.17) is 13.8 Å². The predicted molar refractivity (Wildman–Crippen MR) is 89.0 cm³/mol. The van der Waals surface area contributed by atoms with Crippen molar-refractivity contribution in [2.45, 2.75) is 66.2 Å². The molecule has 0 spiro atoms. The van der Waals surface area contributed by atoms with Crippen LogP contribution in [0.15, 0.2) is 11.4 Å². The van der Waals surface area contributed by atoms with Crippen LogP contribution in [0.1, 0.15) is 66.2 Å². The van der Waals surface area contributed by atoms with Crippen molar-refractivity contribution >= 4 is 13.6 Å². The van der Waals surface area contributed by atoms with Crippen LogP contribution in [0.5, 0.6) is 0 Å². The van der Waals surface area contributed by atoms with Crippen molar-refractivity contribution < 1.29 is 23.1 Å². The fourth-order valence-electron chi connectivity index (χ4n) is 1.61. The minimum Gasteiger partial charge on any atom is -0.462 e. The minimum atomic E-state index is -3.61. The molecule has 0 bridgehead atoms. The molecule has 0 atom stereocenters. The van der Waals surface area contributed by atoms with Crippen molar-refractivity contribution in [1.29, 1.82) is 0 Å². The van der Waals surface area contributed by atoms with E-state index in [-0.39, 0.29) is 5.31 Å². The maximum Gasteiger partial charge on any atom is 0.368 e. The van der Waals surface area contributed by atoms with E-state index in [2.05, 4.69) is 0 Å². The van der Waals surface area contributed by atoms with Gasteiger partial charge in [0.15, 0.2) is 0 Å². The average Bonchev–Trinajstić information content (AvgIpc) is 2.49. The molecule has 0 fully saturated rings. The smallest absolute Gasteiger partial charge is 0.368 e. The van der Waals surface area contributed by atoms with Crippen LogP contribution < -0.4 is 0 Å². The molecule has 0 aromatic heterocycles. The van der Waals surface area contributed by atoms with Crippen LogP contribution in [0, 0.1) is 0 Å². The highest BCUT2D eigenvalue weighted by Crippen LogP contribution is 2.56. The normalized spacial score (nSPS) is 12.5. The largest absolute Gasteiger partial charge is 0.462 e. The summed E-state index contributed by atoms with van der Waals surface area (Å²) >= 11 is 0. The van der Waals surface area contributed by atoms with Gasteiger partial charge in [-0.05, 0) is 26.2 Å². The molecular formula is C16H31O5P. The first-order valence-corrected chi connectivity index (χ1v) is 9.83. The average molecular weight is 334 g/mol. The zero-order chi connectivity index (χ0) is 16.8. The second-order valence-electron chi connectivity index (χ2n) is 5.03. The standard InChI is InChI=1S/C16H31O5P/c1-5-9-12-19-16(17)15(8-4)22(18,20-13-10-6-2)21-14-11-7-3/h8H,5-7,9-14H2,1-4H3. The van der Waals surface area contributed by atoms with Crippen molar-refractivity contribution in [2.24, 2.45) is 0 Å². The third kappa shape index (κ3) is 8.11. The molecule has 0 rings (SSSR count). The zero-order valence-electron chi connectivity index (χ0n) is 14.4. The number of allylic oxidation sites excluding steroid dienone is 1. The Balaban J connectivity index is 4.90. The van der Waals surface area contributed by atoms with Crippen LogP contribution in [0.3, 0.4) is 0 Å². The van der Waals surface area contributed by atoms with Gasteiger partial charge in [-0.3, -0.25) is 4.57 Å². The van der Waals surface area contributed by atoms with Gasteiger partial charge >= 0.3 is 13.6 Å². The first-order chi connectivity index (χ1) is 10.6. The van der Waals surface area contributed by atoms with E-state index in [0.717, 1.165) is 38.5 Å². The van der Waals surface area contributed by atoms with Crippen molar-refractivity contribution in [3.63, 3.8) is 0 Å². The lowest BCUT2D eigenvalue weighted by Gasteiger charge is -2.20. The second-order valence-corrected chi connectivity index (χ2v) is 7.03. The van der Waals surface area contributed by atoms with Crippen molar-refractivity contribution in [2.75, 3.05) is 19.8 Å². The fraction of sp³-hybridized carbons (Fsp3) is 0.812. The number of ether oxygens (including phenoxy) is 1. The Morgan fingerprint density at radius 2 is 1.36 bits per heavy atom. The Morgan fingerprint density at radius 1 is 0.909 bits per heavy atom. The summed E-state index contributed by atoms with van der Waals surface area (Å²) in [5, 5.41) is 0.0100. The summed E-state index contributed by atoms with van der Waals surface area (Å²) in [5.41, 5.74) is 0. The molecule has 0 aliphatic carbocycles. The van der Waals surface area contributed by atoms with Gasteiger partial charge < -0.3 is 13.8 Å². The molecule has 0 saturated carbocycles. The molecule has 0 N–H and O–H groups in total. The van der Waals surface area contributed by atoms with Gasteiger partial charge in [-0.15, -0.1) is 0 Å². The summed E-state index contributed by atoms with van der Waals surface area (Å²) in [4.78, 5) is 12.1. The van der Waals surface area contributed by atoms with E-state index in [1.807, 2.05) is 20.8 Å². The van der Waals surface area contributed by atoms with Crippen molar-refractivity contribution in [1.82, 2.24) is 0 Å². The second kappa shape index (κ2) is 12.9. The molecule has 0 aromatic carbocycles. The summed E-state index contributed by atoms with van der Waals surface area (Å²) in [6.07, 6.45) is 6.55. The summed E-state index contributed by atoms with van der Waals surface area (Å²) < 4.78 is 29.0.